The molecular weight excluding hydrogens is 412 g/mol. The van der Waals surface area contributed by atoms with E-state index >= 15 is 0 Å². The van der Waals surface area contributed by atoms with Gasteiger partial charge in [0.1, 0.15) is 12.4 Å². The van der Waals surface area contributed by atoms with Crippen LogP contribution in [-0.2, 0) is 9.53 Å². The minimum absolute atomic E-state index is 0.0112. The predicted molar refractivity (Wildman–Crippen MR) is 124 cm³/mol. The SMILES string of the molecule is COC(=O)c1ccc([C@H](C)NC(=O)C2(NCCOc3ccccc3)CCSCC2)cc1. The van der Waals surface area contributed by atoms with E-state index < -0.39 is 5.54 Å². The number of thioether (sulfide) groups is 1. The van der Waals surface area contributed by atoms with E-state index in [-0.39, 0.29) is 17.9 Å². The van der Waals surface area contributed by atoms with Crippen LogP contribution in [0.25, 0.3) is 0 Å². The summed E-state index contributed by atoms with van der Waals surface area (Å²) < 4.78 is 10.5. The molecule has 2 N–H and O–H groups in total. The maximum absolute atomic E-state index is 13.3. The van der Waals surface area contributed by atoms with Gasteiger partial charge in [0, 0.05) is 6.54 Å². The van der Waals surface area contributed by atoms with Gasteiger partial charge in [-0.05, 0) is 61.1 Å². The van der Waals surface area contributed by atoms with Crippen molar-refractivity contribution in [3.8, 4) is 5.75 Å². The molecule has 166 valence electrons. The quantitative estimate of drug-likeness (QED) is 0.457. The van der Waals surface area contributed by atoms with Gasteiger partial charge in [0.2, 0.25) is 5.91 Å². The molecule has 1 aliphatic heterocycles. The molecule has 0 radical (unpaired) electrons. The summed E-state index contributed by atoms with van der Waals surface area (Å²) in [6.07, 6.45) is 1.56. The van der Waals surface area contributed by atoms with Crippen molar-refractivity contribution in [1.82, 2.24) is 10.6 Å². The molecule has 2 aromatic rings. The Kier molecular flexibility index (Phi) is 8.37. The third-order valence-electron chi connectivity index (χ3n) is 5.54. The molecule has 1 saturated heterocycles. The molecule has 1 amide bonds. The number of hydrogen-bond donors (Lipinski definition) is 2. The van der Waals surface area contributed by atoms with Crippen molar-refractivity contribution >= 4 is 23.6 Å². The monoisotopic (exact) mass is 442 g/mol. The van der Waals surface area contributed by atoms with Gasteiger partial charge in [-0.3, -0.25) is 10.1 Å². The summed E-state index contributed by atoms with van der Waals surface area (Å²) >= 11 is 1.88. The molecule has 0 aromatic heterocycles. The standard InChI is InChI=1S/C24H30N2O4S/c1-18(19-8-10-20(11-9-19)22(27)29-2)26-23(28)24(12-16-31-17-13-24)25-14-15-30-21-6-4-3-5-7-21/h3-11,18,25H,12-17H2,1-2H3,(H,26,28)/t18-/m0/s1. The van der Waals surface area contributed by atoms with Crippen molar-refractivity contribution < 1.29 is 19.1 Å². The molecule has 1 aliphatic rings. The average molecular weight is 443 g/mol. The van der Waals surface area contributed by atoms with Crippen molar-refractivity contribution in [2.24, 2.45) is 0 Å². The molecule has 1 atom stereocenters. The van der Waals surface area contributed by atoms with Gasteiger partial charge in [-0.2, -0.15) is 11.8 Å². The Balaban J connectivity index is 1.58. The molecule has 0 saturated carbocycles. The van der Waals surface area contributed by atoms with Crippen LogP contribution in [0.2, 0.25) is 0 Å². The number of nitrogens with one attached hydrogen (secondary N) is 2. The average Bonchev–Trinajstić information content (AvgIpc) is 2.82. The topological polar surface area (TPSA) is 76.7 Å². The van der Waals surface area contributed by atoms with E-state index in [1.165, 1.54) is 7.11 Å². The zero-order valence-electron chi connectivity index (χ0n) is 18.1. The van der Waals surface area contributed by atoms with E-state index in [4.69, 9.17) is 9.47 Å². The van der Waals surface area contributed by atoms with Gasteiger partial charge < -0.3 is 14.8 Å². The molecule has 3 rings (SSSR count). The summed E-state index contributed by atoms with van der Waals surface area (Å²) in [7, 11) is 1.36. The molecular formula is C24H30N2O4S. The van der Waals surface area contributed by atoms with E-state index in [9.17, 15) is 9.59 Å². The number of ether oxygens (including phenoxy) is 2. The fourth-order valence-corrected chi connectivity index (χ4v) is 4.81. The minimum atomic E-state index is -0.592. The third kappa shape index (κ3) is 6.24. The van der Waals surface area contributed by atoms with Crippen LogP contribution in [0.3, 0.4) is 0 Å². The number of rotatable bonds is 9. The molecule has 0 unspecified atom stereocenters. The van der Waals surface area contributed by atoms with Crippen LogP contribution in [0, 0.1) is 0 Å². The zero-order chi connectivity index (χ0) is 22.1. The molecule has 6 nitrogen and oxygen atoms in total. The highest BCUT2D eigenvalue weighted by atomic mass is 32.2. The van der Waals surface area contributed by atoms with Crippen LogP contribution in [0.5, 0.6) is 5.75 Å². The fourth-order valence-electron chi connectivity index (χ4n) is 3.62. The highest BCUT2D eigenvalue weighted by molar-refractivity contribution is 7.99. The van der Waals surface area contributed by atoms with Gasteiger partial charge in [0.15, 0.2) is 0 Å². The number of carbonyl (C=O) groups is 2. The van der Waals surface area contributed by atoms with E-state index in [2.05, 4.69) is 10.6 Å². The first-order valence-corrected chi connectivity index (χ1v) is 11.7. The first-order valence-electron chi connectivity index (χ1n) is 10.5. The highest BCUT2D eigenvalue weighted by Crippen LogP contribution is 2.28. The van der Waals surface area contributed by atoms with Gasteiger partial charge in [0.25, 0.3) is 0 Å². The van der Waals surface area contributed by atoms with E-state index in [0.29, 0.717) is 18.7 Å². The number of amides is 1. The highest BCUT2D eigenvalue weighted by Gasteiger charge is 2.39. The van der Waals surface area contributed by atoms with Gasteiger partial charge in [-0.25, -0.2) is 4.79 Å². The van der Waals surface area contributed by atoms with Crippen molar-refractivity contribution in [3.63, 3.8) is 0 Å². The minimum Gasteiger partial charge on any atom is -0.492 e. The largest absolute Gasteiger partial charge is 0.492 e. The lowest BCUT2D eigenvalue weighted by molar-refractivity contribution is -0.128. The molecule has 7 heteroatoms. The summed E-state index contributed by atoms with van der Waals surface area (Å²) in [5.41, 5.74) is 0.838. The van der Waals surface area contributed by atoms with Crippen molar-refractivity contribution in [2.45, 2.75) is 31.3 Å². The number of methoxy groups -OCH3 is 1. The number of hydrogen-bond acceptors (Lipinski definition) is 6. The van der Waals surface area contributed by atoms with Gasteiger partial charge >= 0.3 is 5.97 Å². The third-order valence-corrected chi connectivity index (χ3v) is 6.52. The smallest absolute Gasteiger partial charge is 0.337 e. The lowest BCUT2D eigenvalue weighted by Gasteiger charge is -2.37. The number of benzene rings is 2. The van der Waals surface area contributed by atoms with Crippen LogP contribution in [0.1, 0.15) is 41.7 Å². The van der Waals surface area contributed by atoms with Gasteiger partial charge in [-0.1, -0.05) is 30.3 Å². The number of para-hydroxylation sites is 1. The Labute approximate surface area is 188 Å². The summed E-state index contributed by atoms with van der Waals surface area (Å²) in [5, 5.41) is 6.64. The van der Waals surface area contributed by atoms with E-state index in [1.54, 1.807) is 12.1 Å². The Morgan fingerprint density at radius 2 is 1.74 bits per heavy atom. The van der Waals surface area contributed by atoms with Crippen LogP contribution in [0.4, 0.5) is 0 Å². The Morgan fingerprint density at radius 3 is 2.39 bits per heavy atom. The molecule has 2 aromatic carbocycles. The van der Waals surface area contributed by atoms with Crippen molar-refractivity contribution in [1.29, 1.82) is 0 Å². The number of esters is 1. The summed E-state index contributed by atoms with van der Waals surface area (Å²) in [4.78, 5) is 24.9. The van der Waals surface area contributed by atoms with Crippen molar-refractivity contribution in [2.75, 3.05) is 31.8 Å². The molecule has 1 heterocycles. The maximum atomic E-state index is 13.3. The van der Waals surface area contributed by atoms with Gasteiger partial charge in [0.05, 0.1) is 24.3 Å². The maximum Gasteiger partial charge on any atom is 0.337 e. The fraction of sp³-hybridized carbons (Fsp3) is 0.417. The van der Waals surface area contributed by atoms with Crippen LogP contribution in [-0.4, -0.2) is 49.2 Å². The molecule has 0 aliphatic carbocycles. The number of carbonyl (C=O) groups excluding carboxylic acids is 2. The first-order chi connectivity index (χ1) is 15.0. The molecule has 0 bridgehead atoms. The van der Waals surface area contributed by atoms with Crippen LogP contribution in [0.15, 0.2) is 54.6 Å². The molecule has 0 spiro atoms. The normalized spacial score (nSPS) is 16.2. The van der Waals surface area contributed by atoms with E-state index in [1.807, 2.05) is 61.2 Å². The Hall–Kier alpha value is -2.51. The van der Waals surface area contributed by atoms with Crippen LogP contribution < -0.4 is 15.4 Å². The van der Waals surface area contributed by atoms with E-state index in [0.717, 1.165) is 35.7 Å². The van der Waals surface area contributed by atoms with Crippen molar-refractivity contribution in [3.05, 3.63) is 65.7 Å². The first kappa shape index (κ1) is 23.2. The Morgan fingerprint density at radius 1 is 1.06 bits per heavy atom. The molecule has 31 heavy (non-hydrogen) atoms. The second-order valence-electron chi connectivity index (χ2n) is 7.59. The second-order valence-corrected chi connectivity index (χ2v) is 8.82. The summed E-state index contributed by atoms with van der Waals surface area (Å²) in [6.45, 7) is 3.04. The second kappa shape index (κ2) is 11.2. The van der Waals surface area contributed by atoms with Crippen LogP contribution >= 0.6 is 11.8 Å². The van der Waals surface area contributed by atoms with Gasteiger partial charge in [-0.15, -0.1) is 0 Å². The lowest BCUT2D eigenvalue weighted by atomic mass is 9.90. The summed E-state index contributed by atoms with van der Waals surface area (Å²) in [6, 6.07) is 16.6. The Bertz CT molecular complexity index is 852. The zero-order valence-corrected chi connectivity index (χ0v) is 18.9. The predicted octanol–water partition coefficient (Wildman–Crippen LogP) is 3.58. The summed E-state index contributed by atoms with van der Waals surface area (Å²) in [5.74, 6) is 2.36. The molecule has 1 fully saturated rings. The lowest BCUT2D eigenvalue weighted by Crippen LogP contribution is -2.59.